The Morgan fingerprint density at radius 3 is 2.95 bits per heavy atom. The Bertz CT molecular complexity index is 561. The highest BCUT2D eigenvalue weighted by Gasteiger charge is 2.29. The largest absolute Gasteiger partial charge is 0.465 e. The zero-order valence-corrected chi connectivity index (χ0v) is 11.6. The first-order chi connectivity index (χ1) is 10.1. The standard InChI is InChI=1S/C15H19N3O3/c19-15(20)17-8-3-5-12(10-17)16-14-13-6-2-1-4-11(13)7-9-18(14)21/h1-2,4,6-7,9,12,14,16,21H,3,5,8,10H2,(H,19,20)/t12-,14?/m1/s1. The number of hydrogen-bond donors (Lipinski definition) is 3. The van der Waals surface area contributed by atoms with Gasteiger partial charge in [0.05, 0.1) is 0 Å². The first kappa shape index (κ1) is 13.9. The van der Waals surface area contributed by atoms with Crippen LogP contribution in [0.4, 0.5) is 4.79 Å². The Kier molecular flexibility index (Phi) is 3.81. The van der Waals surface area contributed by atoms with Gasteiger partial charge in [-0.3, -0.25) is 10.5 Å². The Morgan fingerprint density at radius 1 is 1.33 bits per heavy atom. The number of hydroxylamine groups is 2. The van der Waals surface area contributed by atoms with Crippen LogP contribution >= 0.6 is 0 Å². The molecule has 0 bridgehead atoms. The van der Waals surface area contributed by atoms with Gasteiger partial charge in [0.25, 0.3) is 0 Å². The summed E-state index contributed by atoms with van der Waals surface area (Å²) in [5.74, 6) is 0. The molecule has 1 amide bonds. The number of rotatable bonds is 2. The molecule has 1 aromatic carbocycles. The van der Waals surface area contributed by atoms with Gasteiger partial charge in [0.1, 0.15) is 6.17 Å². The quantitative estimate of drug-likeness (QED) is 0.777. The molecule has 2 aliphatic heterocycles. The zero-order valence-electron chi connectivity index (χ0n) is 11.6. The molecule has 6 nitrogen and oxygen atoms in total. The van der Waals surface area contributed by atoms with Crippen molar-refractivity contribution in [2.45, 2.75) is 25.0 Å². The molecule has 0 saturated carbocycles. The van der Waals surface area contributed by atoms with E-state index in [4.69, 9.17) is 5.11 Å². The van der Waals surface area contributed by atoms with Gasteiger partial charge in [0.15, 0.2) is 0 Å². The molecular weight excluding hydrogens is 270 g/mol. The molecule has 1 aromatic rings. The van der Waals surface area contributed by atoms with Crippen molar-refractivity contribution >= 4 is 12.2 Å². The van der Waals surface area contributed by atoms with Crippen LogP contribution in [0.1, 0.15) is 30.1 Å². The lowest BCUT2D eigenvalue weighted by Crippen LogP contribution is -2.50. The number of piperidine rings is 1. The molecule has 2 heterocycles. The second-order valence-corrected chi connectivity index (χ2v) is 5.46. The minimum absolute atomic E-state index is 0.0362. The topological polar surface area (TPSA) is 76.0 Å². The Morgan fingerprint density at radius 2 is 2.14 bits per heavy atom. The van der Waals surface area contributed by atoms with Gasteiger partial charge in [-0.15, -0.1) is 0 Å². The van der Waals surface area contributed by atoms with Gasteiger partial charge in [-0.05, 0) is 30.0 Å². The first-order valence-corrected chi connectivity index (χ1v) is 7.13. The molecule has 0 spiro atoms. The van der Waals surface area contributed by atoms with E-state index in [1.54, 1.807) is 6.20 Å². The van der Waals surface area contributed by atoms with Crippen LogP contribution < -0.4 is 5.32 Å². The Balaban J connectivity index is 1.75. The number of hydrogen-bond acceptors (Lipinski definition) is 4. The van der Waals surface area contributed by atoms with Crippen molar-refractivity contribution in [2.24, 2.45) is 0 Å². The molecular formula is C15H19N3O3. The van der Waals surface area contributed by atoms with Crippen LogP contribution in [-0.4, -0.2) is 45.5 Å². The summed E-state index contributed by atoms with van der Waals surface area (Å²) in [7, 11) is 0. The fourth-order valence-corrected chi connectivity index (χ4v) is 2.97. The fourth-order valence-electron chi connectivity index (χ4n) is 2.97. The van der Waals surface area contributed by atoms with Crippen LogP contribution in [0, 0.1) is 0 Å². The number of carboxylic acid groups (broad SMARTS) is 1. The van der Waals surface area contributed by atoms with Crippen molar-refractivity contribution in [3.63, 3.8) is 0 Å². The highest BCUT2D eigenvalue weighted by atomic mass is 16.5. The highest BCUT2D eigenvalue weighted by molar-refractivity contribution is 5.65. The number of nitrogens with zero attached hydrogens (tertiary/aromatic N) is 2. The monoisotopic (exact) mass is 289 g/mol. The van der Waals surface area contributed by atoms with Gasteiger partial charge in [-0.1, -0.05) is 24.3 Å². The molecule has 3 rings (SSSR count). The van der Waals surface area contributed by atoms with Crippen LogP contribution in [0.25, 0.3) is 6.08 Å². The summed E-state index contributed by atoms with van der Waals surface area (Å²) in [4.78, 5) is 12.5. The van der Waals surface area contributed by atoms with Crippen LogP contribution in [0.3, 0.4) is 0 Å². The first-order valence-electron chi connectivity index (χ1n) is 7.13. The summed E-state index contributed by atoms with van der Waals surface area (Å²) >= 11 is 0. The van der Waals surface area contributed by atoms with Gasteiger partial charge in [0.2, 0.25) is 0 Å². The molecule has 6 heteroatoms. The van der Waals surface area contributed by atoms with E-state index in [0.717, 1.165) is 29.0 Å². The smallest absolute Gasteiger partial charge is 0.407 e. The third-order valence-electron chi connectivity index (χ3n) is 4.05. The van der Waals surface area contributed by atoms with E-state index in [2.05, 4.69) is 5.32 Å². The highest BCUT2D eigenvalue weighted by Crippen LogP contribution is 2.28. The van der Waals surface area contributed by atoms with E-state index < -0.39 is 6.09 Å². The third-order valence-corrected chi connectivity index (χ3v) is 4.05. The Hall–Kier alpha value is -2.05. The summed E-state index contributed by atoms with van der Waals surface area (Å²) in [6.07, 6.45) is 3.99. The molecule has 1 unspecified atom stereocenters. The Labute approximate surface area is 123 Å². The summed E-state index contributed by atoms with van der Waals surface area (Å²) in [5, 5.41) is 23.7. The van der Waals surface area contributed by atoms with Crippen LogP contribution in [0.2, 0.25) is 0 Å². The number of carbonyl (C=O) groups is 1. The zero-order chi connectivity index (χ0) is 14.8. The normalized spacial score (nSPS) is 24.8. The van der Waals surface area contributed by atoms with Crippen LogP contribution in [-0.2, 0) is 0 Å². The molecule has 2 aliphatic rings. The summed E-state index contributed by atoms with van der Waals surface area (Å²) < 4.78 is 0. The second kappa shape index (κ2) is 5.75. The second-order valence-electron chi connectivity index (χ2n) is 5.46. The van der Waals surface area contributed by atoms with E-state index in [9.17, 15) is 10.0 Å². The number of amides is 1. The van der Waals surface area contributed by atoms with E-state index in [0.29, 0.717) is 13.1 Å². The number of nitrogens with one attached hydrogen (secondary N) is 1. The number of benzene rings is 1. The average molecular weight is 289 g/mol. The van der Waals surface area contributed by atoms with Crippen molar-refractivity contribution < 1.29 is 15.1 Å². The van der Waals surface area contributed by atoms with Crippen molar-refractivity contribution in [3.05, 3.63) is 41.6 Å². The molecule has 1 fully saturated rings. The van der Waals surface area contributed by atoms with Crippen molar-refractivity contribution in [3.8, 4) is 0 Å². The van der Waals surface area contributed by atoms with Crippen molar-refractivity contribution in [1.29, 1.82) is 0 Å². The predicted molar refractivity (Wildman–Crippen MR) is 77.6 cm³/mol. The lowest BCUT2D eigenvalue weighted by molar-refractivity contribution is -0.0969. The van der Waals surface area contributed by atoms with Gasteiger partial charge in [-0.25, -0.2) is 9.86 Å². The minimum atomic E-state index is -0.883. The SMILES string of the molecule is O=C(O)N1CCC[C@@H](NC2c3ccccc3C=CN2O)C1. The maximum absolute atomic E-state index is 11.1. The number of fused-ring (bicyclic) bond motifs is 1. The summed E-state index contributed by atoms with van der Waals surface area (Å²) in [5.41, 5.74) is 2.06. The minimum Gasteiger partial charge on any atom is -0.465 e. The van der Waals surface area contributed by atoms with Gasteiger partial charge in [0, 0.05) is 25.3 Å². The lowest BCUT2D eigenvalue weighted by atomic mass is 10.00. The molecule has 0 aliphatic carbocycles. The molecule has 3 N–H and O–H groups in total. The average Bonchev–Trinajstić information content (AvgIpc) is 2.50. The van der Waals surface area contributed by atoms with Crippen LogP contribution in [0.15, 0.2) is 30.5 Å². The molecule has 2 atom stereocenters. The number of likely N-dealkylation sites (tertiary alicyclic amines) is 1. The van der Waals surface area contributed by atoms with E-state index >= 15 is 0 Å². The summed E-state index contributed by atoms with van der Waals surface area (Å²) in [6.45, 7) is 1.03. The van der Waals surface area contributed by atoms with Gasteiger partial charge in [-0.2, -0.15) is 0 Å². The summed E-state index contributed by atoms with van der Waals surface area (Å²) in [6, 6.07) is 7.90. The van der Waals surface area contributed by atoms with Gasteiger partial charge < -0.3 is 10.0 Å². The molecule has 0 aromatic heterocycles. The lowest BCUT2D eigenvalue weighted by Gasteiger charge is -2.37. The van der Waals surface area contributed by atoms with Gasteiger partial charge >= 0.3 is 6.09 Å². The van der Waals surface area contributed by atoms with Crippen molar-refractivity contribution in [2.75, 3.05) is 13.1 Å². The predicted octanol–water partition coefficient (Wildman–Crippen LogP) is 2.09. The molecule has 1 saturated heterocycles. The van der Waals surface area contributed by atoms with E-state index in [1.165, 1.54) is 4.90 Å². The molecule has 0 radical (unpaired) electrons. The van der Waals surface area contributed by atoms with E-state index in [-0.39, 0.29) is 12.2 Å². The van der Waals surface area contributed by atoms with Crippen LogP contribution in [0.5, 0.6) is 0 Å². The third kappa shape index (κ3) is 2.86. The van der Waals surface area contributed by atoms with Crippen molar-refractivity contribution in [1.82, 2.24) is 15.3 Å². The fraction of sp³-hybridized carbons (Fsp3) is 0.400. The molecule has 112 valence electrons. The van der Waals surface area contributed by atoms with E-state index in [1.807, 2.05) is 30.3 Å². The maximum atomic E-state index is 11.1. The molecule has 21 heavy (non-hydrogen) atoms. The maximum Gasteiger partial charge on any atom is 0.407 e.